The third-order valence-electron chi connectivity index (χ3n) is 7.28. The molecule has 3 heteroatoms. The van der Waals surface area contributed by atoms with Crippen molar-refractivity contribution in [2.45, 2.75) is 71.4 Å². The molecule has 0 unspecified atom stereocenters. The molecule has 0 aliphatic carbocycles. The lowest BCUT2D eigenvalue weighted by Gasteiger charge is -2.32. The average molecular weight is 421 g/mol. The van der Waals surface area contributed by atoms with Crippen LogP contribution in [0.3, 0.4) is 0 Å². The second kappa shape index (κ2) is 10.7. The maximum atomic E-state index is 6.16. The van der Waals surface area contributed by atoms with Gasteiger partial charge in [0.15, 0.2) is 0 Å². The number of ether oxygens (including phenoxy) is 1. The van der Waals surface area contributed by atoms with Gasteiger partial charge in [0.05, 0.1) is 6.61 Å². The molecule has 0 radical (unpaired) electrons. The molecule has 4 rings (SSSR count). The number of piperidine rings is 1. The standard InChI is InChI=1S/C28H40N2O/c1-22(2)30-16-6-9-24-11-12-27(20-26(24)21-30)31-19-7-15-29-17-13-25(14-18-29)28-10-5-4-8-23(28)3/h4-5,8,10-12,20,22,25H,6-7,9,13-19,21H2,1-3H3. The number of hydrogen-bond acceptors (Lipinski definition) is 3. The second-order valence-electron chi connectivity index (χ2n) is 9.77. The summed E-state index contributed by atoms with van der Waals surface area (Å²) in [4.78, 5) is 5.20. The first-order chi connectivity index (χ1) is 15.1. The van der Waals surface area contributed by atoms with Gasteiger partial charge in [-0.1, -0.05) is 30.3 Å². The van der Waals surface area contributed by atoms with Crippen LogP contribution in [0.5, 0.6) is 5.75 Å². The summed E-state index contributed by atoms with van der Waals surface area (Å²) in [6.45, 7) is 13.5. The van der Waals surface area contributed by atoms with Gasteiger partial charge >= 0.3 is 0 Å². The van der Waals surface area contributed by atoms with Crippen molar-refractivity contribution in [2.24, 2.45) is 0 Å². The molecule has 3 nitrogen and oxygen atoms in total. The first kappa shape index (κ1) is 22.4. The highest BCUT2D eigenvalue weighted by Gasteiger charge is 2.21. The number of rotatable bonds is 7. The van der Waals surface area contributed by atoms with E-state index in [4.69, 9.17) is 4.74 Å². The summed E-state index contributed by atoms with van der Waals surface area (Å²) in [5, 5.41) is 0. The van der Waals surface area contributed by atoms with Gasteiger partial charge in [-0.05, 0) is 113 Å². The summed E-state index contributed by atoms with van der Waals surface area (Å²) in [6, 6.07) is 16.3. The predicted molar refractivity (Wildman–Crippen MR) is 130 cm³/mol. The molecule has 0 N–H and O–H groups in total. The normalized spacial score (nSPS) is 18.7. The largest absolute Gasteiger partial charge is 0.494 e. The predicted octanol–water partition coefficient (Wildman–Crippen LogP) is 5.80. The van der Waals surface area contributed by atoms with Crippen LogP contribution >= 0.6 is 0 Å². The van der Waals surface area contributed by atoms with E-state index in [0.29, 0.717) is 6.04 Å². The first-order valence-electron chi connectivity index (χ1n) is 12.4. The van der Waals surface area contributed by atoms with Crippen LogP contribution in [-0.2, 0) is 13.0 Å². The van der Waals surface area contributed by atoms with Crippen molar-refractivity contribution < 1.29 is 4.74 Å². The lowest BCUT2D eigenvalue weighted by atomic mass is 9.87. The molecule has 2 aromatic carbocycles. The topological polar surface area (TPSA) is 15.7 Å². The minimum absolute atomic E-state index is 0.602. The molecular weight excluding hydrogens is 380 g/mol. The zero-order chi connectivity index (χ0) is 21.6. The molecule has 168 valence electrons. The molecule has 1 fully saturated rings. The number of nitrogens with zero attached hydrogens (tertiary/aromatic N) is 2. The Kier molecular flexibility index (Phi) is 7.68. The third kappa shape index (κ3) is 5.90. The van der Waals surface area contributed by atoms with Gasteiger partial charge in [0.25, 0.3) is 0 Å². The van der Waals surface area contributed by atoms with Crippen molar-refractivity contribution in [3.63, 3.8) is 0 Å². The zero-order valence-corrected chi connectivity index (χ0v) is 19.8. The lowest BCUT2D eigenvalue weighted by Crippen LogP contribution is -2.34. The fourth-order valence-corrected chi connectivity index (χ4v) is 5.28. The number of benzene rings is 2. The average Bonchev–Trinajstić information content (AvgIpc) is 3.00. The van der Waals surface area contributed by atoms with E-state index in [1.54, 1.807) is 5.56 Å². The monoisotopic (exact) mass is 420 g/mol. The molecule has 0 aromatic heterocycles. The molecule has 0 amide bonds. The Bertz CT molecular complexity index is 839. The summed E-state index contributed by atoms with van der Waals surface area (Å²) >= 11 is 0. The van der Waals surface area contributed by atoms with Gasteiger partial charge in [-0.15, -0.1) is 0 Å². The quantitative estimate of drug-likeness (QED) is 0.527. The van der Waals surface area contributed by atoms with Gasteiger partial charge in [0.2, 0.25) is 0 Å². The molecule has 31 heavy (non-hydrogen) atoms. The highest BCUT2D eigenvalue weighted by Crippen LogP contribution is 2.30. The van der Waals surface area contributed by atoms with E-state index >= 15 is 0 Å². The Morgan fingerprint density at radius 3 is 2.58 bits per heavy atom. The minimum atomic E-state index is 0.602. The van der Waals surface area contributed by atoms with Crippen LogP contribution in [0.25, 0.3) is 0 Å². The van der Waals surface area contributed by atoms with Crippen LogP contribution in [0.1, 0.15) is 67.7 Å². The summed E-state index contributed by atoms with van der Waals surface area (Å²) in [5.41, 5.74) is 5.98. The van der Waals surface area contributed by atoms with Crippen LogP contribution < -0.4 is 4.74 Å². The summed E-state index contributed by atoms with van der Waals surface area (Å²) in [5.74, 6) is 1.78. The van der Waals surface area contributed by atoms with Crippen molar-refractivity contribution in [1.29, 1.82) is 0 Å². The molecule has 2 aliphatic rings. The van der Waals surface area contributed by atoms with E-state index in [9.17, 15) is 0 Å². The fourth-order valence-electron chi connectivity index (χ4n) is 5.28. The van der Waals surface area contributed by atoms with Gasteiger partial charge in [-0.2, -0.15) is 0 Å². The number of hydrogen-bond donors (Lipinski definition) is 0. The van der Waals surface area contributed by atoms with Crippen molar-refractivity contribution in [3.8, 4) is 5.75 Å². The van der Waals surface area contributed by atoms with Crippen LogP contribution in [0.2, 0.25) is 0 Å². The van der Waals surface area contributed by atoms with E-state index in [1.807, 2.05) is 0 Å². The Balaban J connectivity index is 1.21. The van der Waals surface area contributed by atoms with E-state index < -0.39 is 0 Å². The van der Waals surface area contributed by atoms with Crippen molar-refractivity contribution >= 4 is 0 Å². The summed E-state index contributed by atoms with van der Waals surface area (Å²) in [7, 11) is 0. The van der Waals surface area contributed by atoms with Crippen LogP contribution in [0.15, 0.2) is 42.5 Å². The molecule has 0 saturated carbocycles. The van der Waals surface area contributed by atoms with Crippen LogP contribution in [0.4, 0.5) is 0 Å². The molecule has 2 heterocycles. The van der Waals surface area contributed by atoms with Gasteiger partial charge in [-0.25, -0.2) is 0 Å². The second-order valence-corrected chi connectivity index (χ2v) is 9.77. The van der Waals surface area contributed by atoms with Crippen molar-refractivity contribution in [3.05, 3.63) is 64.7 Å². The number of likely N-dealkylation sites (tertiary alicyclic amines) is 1. The Morgan fingerprint density at radius 1 is 1.00 bits per heavy atom. The van der Waals surface area contributed by atoms with Crippen molar-refractivity contribution in [1.82, 2.24) is 9.80 Å². The lowest BCUT2D eigenvalue weighted by molar-refractivity contribution is 0.192. The highest BCUT2D eigenvalue weighted by molar-refractivity contribution is 5.36. The summed E-state index contributed by atoms with van der Waals surface area (Å²) in [6.07, 6.45) is 6.11. The summed E-state index contributed by atoms with van der Waals surface area (Å²) < 4.78 is 6.16. The highest BCUT2D eigenvalue weighted by atomic mass is 16.5. The van der Waals surface area contributed by atoms with E-state index in [2.05, 4.69) is 73.0 Å². The third-order valence-corrected chi connectivity index (χ3v) is 7.28. The van der Waals surface area contributed by atoms with E-state index in [-0.39, 0.29) is 0 Å². The molecule has 0 atom stereocenters. The molecule has 0 bridgehead atoms. The Labute approximate surface area is 189 Å². The van der Waals surface area contributed by atoms with Crippen LogP contribution in [-0.4, -0.2) is 48.6 Å². The Hall–Kier alpha value is -1.84. The van der Waals surface area contributed by atoms with Gasteiger partial charge in [0, 0.05) is 19.1 Å². The Morgan fingerprint density at radius 2 is 1.81 bits per heavy atom. The number of fused-ring (bicyclic) bond motifs is 1. The molecular formula is C28H40N2O. The fraction of sp³-hybridized carbons (Fsp3) is 0.571. The molecule has 2 aromatic rings. The van der Waals surface area contributed by atoms with Crippen LogP contribution in [0, 0.1) is 6.92 Å². The number of aryl methyl sites for hydroxylation is 2. The van der Waals surface area contributed by atoms with Gasteiger partial charge in [-0.3, -0.25) is 4.90 Å². The smallest absolute Gasteiger partial charge is 0.119 e. The maximum absolute atomic E-state index is 6.16. The SMILES string of the molecule is Cc1ccccc1C1CCN(CCCOc2ccc3c(c2)CN(C(C)C)CCC3)CC1. The molecule has 2 aliphatic heterocycles. The van der Waals surface area contributed by atoms with Crippen molar-refractivity contribution in [2.75, 3.05) is 32.8 Å². The minimum Gasteiger partial charge on any atom is -0.494 e. The van der Waals surface area contributed by atoms with E-state index in [0.717, 1.165) is 37.8 Å². The van der Waals surface area contributed by atoms with E-state index in [1.165, 1.54) is 62.0 Å². The molecule has 1 saturated heterocycles. The first-order valence-corrected chi connectivity index (χ1v) is 12.4. The zero-order valence-electron chi connectivity index (χ0n) is 19.8. The molecule has 0 spiro atoms. The van der Waals surface area contributed by atoms with Gasteiger partial charge in [0.1, 0.15) is 5.75 Å². The maximum Gasteiger partial charge on any atom is 0.119 e. The van der Waals surface area contributed by atoms with Gasteiger partial charge < -0.3 is 9.64 Å².